The maximum absolute atomic E-state index is 12.2. The minimum atomic E-state index is -0.945. The highest BCUT2D eigenvalue weighted by molar-refractivity contribution is 6.04. The zero-order valence-electron chi connectivity index (χ0n) is 11.4. The number of hydrogen-bond donors (Lipinski definition) is 1. The van der Waals surface area contributed by atoms with Crippen LogP contribution in [-0.4, -0.2) is 36.3 Å². The summed E-state index contributed by atoms with van der Waals surface area (Å²) < 4.78 is 0. The second-order valence-electron chi connectivity index (χ2n) is 5.73. The van der Waals surface area contributed by atoms with Gasteiger partial charge in [0.15, 0.2) is 0 Å². The first-order valence-electron chi connectivity index (χ1n) is 6.43. The molecule has 0 radical (unpaired) electrons. The molecule has 4 heteroatoms. The van der Waals surface area contributed by atoms with Crippen molar-refractivity contribution >= 4 is 11.8 Å². The molecule has 1 N–H and O–H groups in total. The highest BCUT2D eigenvalue weighted by Crippen LogP contribution is 2.22. The Bertz CT molecular complexity index is 292. The summed E-state index contributed by atoms with van der Waals surface area (Å²) >= 11 is 0. The highest BCUT2D eigenvalue weighted by Gasteiger charge is 2.39. The molecule has 0 aromatic rings. The van der Waals surface area contributed by atoms with E-state index in [4.69, 9.17) is 0 Å². The third-order valence-electron chi connectivity index (χ3n) is 3.17. The largest absolute Gasteiger partial charge is 0.355 e. The quantitative estimate of drug-likeness (QED) is 0.755. The van der Waals surface area contributed by atoms with E-state index in [1.54, 1.807) is 18.7 Å². The van der Waals surface area contributed by atoms with Crippen molar-refractivity contribution in [3.63, 3.8) is 0 Å². The van der Waals surface area contributed by atoms with Gasteiger partial charge in [-0.05, 0) is 32.6 Å². The zero-order chi connectivity index (χ0) is 13.1. The molecule has 0 saturated carbocycles. The van der Waals surface area contributed by atoms with E-state index in [0.29, 0.717) is 12.5 Å². The van der Waals surface area contributed by atoms with Crippen molar-refractivity contribution in [1.29, 1.82) is 0 Å². The molecule has 0 aromatic heterocycles. The average molecular weight is 240 g/mol. The number of carbonyl (C=O) groups excluding carboxylic acids is 2. The second-order valence-corrected chi connectivity index (χ2v) is 5.73. The van der Waals surface area contributed by atoms with Gasteiger partial charge < -0.3 is 10.2 Å². The monoisotopic (exact) mass is 240 g/mol. The van der Waals surface area contributed by atoms with Gasteiger partial charge in [-0.25, -0.2) is 0 Å². The molecule has 1 fully saturated rings. The molecule has 0 bridgehead atoms. The molecular weight excluding hydrogens is 216 g/mol. The molecule has 4 nitrogen and oxygen atoms in total. The van der Waals surface area contributed by atoms with E-state index in [-0.39, 0.29) is 11.8 Å². The number of nitrogens with zero attached hydrogens (tertiary/aromatic N) is 1. The van der Waals surface area contributed by atoms with Crippen LogP contribution in [0.5, 0.6) is 0 Å². The molecule has 0 aliphatic carbocycles. The number of nitrogens with one attached hydrogen (secondary N) is 1. The van der Waals surface area contributed by atoms with E-state index in [9.17, 15) is 9.59 Å². The van der Waals surface area contributed by atoms with Gasteiger partial charge >= 0.3 is 0 Å². The van der Waals surface area contributed by atoms with E-state index < -0.39 is 5.41 Å². The summed E-state index contributed by atoms with van der Waals surface area (Å²) in [6.07, 6.45) is 2.10. The lowest BCUT2D eigenvalue weighted by atomic mass is 9.90. The summed E-state index contributed by atoms with van der Waals surface area (Å²) in [6.45, 7) is 9.70. The van der Waals surface area contributed by atoms with E-state index in [2.05, 4.69) is 5.32 Å². The summed E-state index contributed by atoms with van der Waals surface area (Å²) in [5, 5.41) is 2.84. The van der Waals surface area contributed by atoms with Crippen LogP contribution in [0.25, 0.3) is 0 Å². The zero-order valence-corrected chi connectivity index (χ0v) is 11.4. The summed E-state index contributed by atoms with van der Waals surface area (Å²) in [7, 11) is 0. The van der Waals surface area contributed by atoms with E-state index in [1.807, 2.05) is 13.8 Å². The molecule has 1 rings (SSSR count). The lowest BCUT2D eigenvalue weighted by Crippen LogP contribution is -2.49. The fourth-order valence-electron chi connectivity index (χ4n) is 1.93. The Balaban J connectivity index is 2.58. The molecule has 1 aliphatic rings. The van der Waals surface area contributed by atoms with Crippen LogP contribution in [0, 0.1) is 11.3 Å². The molecular formula is C13H24N2O2. The average Bonchev–Trinajstić information content (AvgIpc) is 2.77. The molecule has 1 saturated heterocycles. The molecule has 17 heavy (non-hydrogen) atoms. The van der Waals surface area contributed by atoms with Crippen molar-refractivity contribution < 1.29 is 9.59 Å². The first-order chi connectivity index (χ1) is 7.85. The standard InChI is InChI=1S/C13H24N2O2/c1-10(2)9-14-11(16)13(3,4)12(17)15-7-5-6-8-15/h10H,5-9H2,1-4H3,(H,14,16). The third kappa shape index (κ3) is 3.45. The van der Waals surface area contributed by atoms with E-state index in [0.717, 1.165) is 25.9 Å². The lowest BCUT2D eigenvalue weighted by molar-refractivity contribution is -0.147. The summed E-state index contributed by atoms with van der Waals surface area (Å²) in [5.74, 6) is 0.191. The Morgan fingerprint density at radius 2 is 1.76 bits per heavy atom. The predicted octanol–water partition coefficient (Wildman–Crippen LogP) is 1.41. The Morgan fingerprint density at radius 3 is 2.24 bits per heavy atom. The minimum Gasteiger partial charge on any atom is -0.355 e. The van der Waals surface area contributed by atoms with Crippen molar-refractivity contribution in [1.82, 2.24) is 10.2 Å². The van der Waals surface area contributed by atoms with Crippen LogP contribution in [0.2, 0.25) is 0 Å². The molecule has 0 aromatic carbocycles. The number of likely N-dealkylation sites (tertiary alicyclic amines) is 1. The van der Waals surface area contributed by atoms with Crippen LogP contribution in [0.1, 0.15) is 40.5 Å². The topological polar surface area (TPSA) is 49.4 Å². The smallest absolute Gasteiger partial charge is 0.237 e. The Kier molecular flexibility index (Phi) is 4.54. The summed E-state index contributed by atoms with van der Waals surface area (Å²) in [5.41, 5.74) is -0.945. The molecule has 1 heterocycles. The van der Waals surface area contributed by atoms with Gasteiger partial charge in [0.1, 0.15) is 5.41 Å². The number of amides is 2. The Labute approximate surface area is 104 Å². The van der Waals surface area contributed by atoms with Crippen LogP contribution in [-0.2, 0) is 9.59 Å². The number of carbonyl (C=O) groups is 2. The Hall–Kier alpha value is -1.06. The summed E-state index contributed by atoms with van der Waals surface area (Å²) in [6, 6.07) is 0. The number of hydrogen-bond acceptors (Lipinski definition) is 2. The van der Waals surface area contributed by atoms with Gasteiger partial charge in [-0.2, -0.15) is 0 Å². The van der Waals surface area contributed by atoms with E-state index >= 15 is 0 Å². The maximum atomic E-state index is 12.2. The SMILES string of the molecule is CC(C)CNC(=O)C(C)(C)C(=O)N1CCCC1. The normalized spacial score (nSPS) is 16.4. The van der Waals surface area contributed by atoms with Gasteiger partial charge in [0.2, 0.25) is 11.8 Å². The van der Waals surface area contributed by atoms with Crippen molar-refractivity contribution in [2.45, 2.75) is 40.5 Å². The van der Waals surface area contributed by atoms with Gasteiger partial charge in [-0.1, -0.05) is 13.8 Å². The second kappa shape index (κ2) is 5.52. The van der Waals surface area contributed by atoms with Gasteiger partial charge in [-0.15, -0.1) is 0 Å². The molecule has 0 unspecified atom stereocenters. The molecule has 2 amide bonds. The van der Waals surface area contributed by atoms with Crippen molar-refractivity contribution in [2.24, 2.45) is 11.3 Å². The fraction of sp³-hybridized carbons (Fsp3) is 0.846. The van der Waals surface area contributed by atoms with Crippen LogP contribution >= 0.6 is 0 Å². The van der Waals surface area contributed by atoms with Crippen molar-refractivity contribution in [2.75, 3.05) is 19.6 Å². The van der Waals surface area contributed by atoms with Crippen molar-refractivity contribution in [3.8, 4) is 0 Å². The van der Waals surface area contributed by atoms with Gasteiger partial charge in [0.05, 0.1) is 0 Å². The van der Waals surface area contributed by atoms with Gasteiger partial charge in [-0.3, -0.25) is 9.59 Å². The molecule has 1 aliphatic heterocycles. The van der Waals surface area contributed by atoms with Crippen LogP contribution < -0.4 is 5.32 Å². The Morgan fingerprint density at radius 1 is 1.24 bits per heavy atom. The fourth-order valence-corrected chi connectivity index (χ4v) is 1.93. The minimum absolute atomic E-state index is 0.0451. The lowest BCUT2D eigenvalue weighted by Gasteiger charge is -2.28. The first-order valence-corrected chi connectivity index (χ1v) is 6.43. The van der Waals surface area contributed by atoms with Crippen LogP contribution in [0.4, 0.5) is 0 Å². The van der Waals surface area contributed by atoms with Gasteiger partial charge in [0, 0.05) is 19.6 Å². The third-order valence-corrected chi connectivity index (χ3v) is 3.17. The van der Waals surface area contributed by atoms with Gasteiger partial charge in [0.25, 0.3) is 0 Å². The van der Waals surface area contributed by atoms with E-state index in [1.165, 1.54) is 0 Å². The van der Waals surface area contributed by atoms with Crippen LogP contribution in [0.3, 0.4) is 0 Å². The van der Waals surface area contributed by atoms with Crippen LogP contribution in [0.15, 0.2) is 0 Å². The highest BCUT2D eigenvalue weighted by atomic mass is 16.2. The molecule has 0 atom stereocenters. The first kappa shape index (κ1) is 14.0. The number of rotatable bonds is 4. The predicted molar refractivity (Wildman–Crippen MR) is 67.4 cm³/mol. The molecule has 98 valence electrons. The van der Waals surface area contributed by atoms with Crippen molar-refractivity contribution in [3.05, 3.63) is 0 Å². The summed E-state index contributed by atoms with van der Waals surface area (Å²) in [4.78, 5) is 26.0. The maximum Gasteiger partial charge on any atom is 0.237 e. The molecule has 0 spiro atoms.